The number of nitrogens with two attached hydrogens (primary N) is 1. The minimum atomic E-state index is -0.765. The number of carbonyl (C=O) groups is 2. The molecule has 30 heavy (non-hydrogen) atoms. The van der Waals surface area contributed by atoms with Crippen molar-refractivity contribution < 1.29 is 23.8 Å². The lowest BCUT2D eigenvalue weighted by Gasteiger charge is -2.24. The summed E-state index contributed by atoms with van der Waals surface area (Å²) >= 11 is 0. The average Bonchev–Trinajstić information content (AvgIpc) is 2.57. The Bertz CT molecular complexity index is 779. The SMILES string of the molecule is CCN(C(N)=NC(=O)OC(C)(C)C)c1ccc(OC)c(CNC(=O)OC(C)(C)C)c1. The molecule has 0 aromatic heterocycles. The predicted octanol–water partition coefficient (Wildman–Crippen LogP) is 3.80. The molecule has 0 heterocycles. The zero-order valence-electron chi connectivity index (χ0n) is 19.2. The third-order valence-corrected chi connectivity index (χ3v) is 3.59. The number of aliphatic imine (C=N–C) groups is 1. The van der Waals surface area contributed by atoms with Gasteiger partial charge in [-0.15, -0.1) is 4.99 Å². The van der Waals surface area contributed by atoms with Crippen molar-refractivity contribution in [3.8, 4) is 5.75 Å². The Morgan fingerprint density at radius 1 is 1.10 bits per heavy atom. The summed E-state index contributed by atoms with van der Waals surface area (Å²) in [5, 5.41) is 2.71. The third-order valence-electron chi connectivity index (χ3n) is 3.59. The summed E-state index contributed by atoms with van der Waals surface area (Å²) in [6.45, 7) is 13.2. The van der Waals surface area contributed by atoms with Gasteiger partial charge in [-0.25, -0.2) is 9.59 Å². The standard InChI is InChI=1S/C21H34N4O5/c1-9-25(17(22)24-19(27)30-21(5,6)7)15-10-11-16(28-8)14(12-15)13-23-18(26)29-20(2,3)4/h10-12H,9,13H2,1-8H3,(H,23,26)(H2,22,24,27). The number of alkyl carbamates (subject to hydrolysis) is 1. The van der Waals surface area contributed by atoms with Gasteiger partial charge in [0.2, 0.25) is 5.96 Å². The van der Waals surface area contributed by atoms with Crippen LogP contribution in [-0.2, 0) is 16.0 Å². The number of nitrogens with zero attached hydrogens (tertiary/aromatic N) is 2. The van der Waals surface area contributed by atoms with E-state index in [-0.39, 0.29) is 12.5 Å². The molecule has 0 aliphatic heterocycles. The number of nitrogens with one attached hydrogen (secondary N) is 1. The largest absolute Gasteiger partial charge is 0.496 e. The van der Waals surface area contributed by atoms with Crippen molar-refractivity contribution in [1.82, 2.24) is 5.32 Å². The topological polar surface area (TPSA) is 115 Å². The Labute approximate surface area is 178 Å². The monoisotopic (exact) mass is 422 g/mol. The molecular weight excluding hydrogens is 388 g/mol. The van der Waals surface area contributed by atoms with E-state index in [1.807, 2.05) is 6.92 Å². The lowest BCUT2D eigenvalue weighted by atomic mass is 10.1. The van der Waals surface area contributed by atoms with E-state index in [9.17, 15) is 9.59 Å². The van der Waals surface area contributed by atoms with Crippen LogP contribution in [0.4, 0.5) is 15.3 Å². The maximum Gasteiger partial charge on any atom is 0.437 e. The molecule has 3 N–H and O–H groups in total. The van der Waals surface area contributed by atoms with Crippen molar-refractivity contribution in [3.63, 3.8) is 0 Å². The molecule has 0 saturated carbocycles. The summed E-state index contributed by atoms with van der Waals surface area (Å²) in [7, 11) is 1.54. The molecule has 0 aliphatic rings. The maximum absolute atomic E-state index is 12.0. The highest BCUT2D eigenvalue weighted by Crippen LogP contribution is 2.25. The number of carbonyl (C=O) groups excluding carboxylic acids is 2. The summed E-state index contributed by atoms with van der Waals surface area (Å²) in [4.78, 5) is 29.4. The highest BCUT2D eigenvalue weighted by Gasteiger charge is 2.19. The van der Waals surface area contributed by atoms with Crippen LogP contribution in [0, 0.1) is 0 Å². The first-order chi connectivity index (χ1) is 13.8. The van der Waals surface area contributed by atoms with E-state index in [0.29, 0.717) is 23.5 Å². The summed E-state index contributed by atoms with van der Waals surface area (Å²) < 4.78 is 15.8. The van der Waals surface area contributed by atoms with Crippen LogP contribution in [-0.4, -0.2) is 43.0 Å². The molecule has 9 nitrogen and oxygen atoms in total. The molecular formula is C21H34N4O5. The van der Waals surface area contributed by atoms with E-state index in [1.54, 1.807) is 71.8 Å². The van der Waals surface area contributed by atoms with Crippen molar-refractivity contribution in [2.24, 2.45) is 10.7 Å². The molecule has 0 unspecified atom stereocenters. The molecule has 1 rings (SSSR count). The van der Waals surface area contributed by atoms with Crippen LogP contribution in [0.15, 0.2) is 23.2 Å². The van der Waals surface area contributed by atoms with Crippen LogP contribution in [0.5, 0.6) is 5.75 Å². The summed E-state index contributed by atoms with van der Waals surface area (Å²) in [5.74, 6) is 0.594. The Hall–Kier alpha value is -2.97. The second-order valence-electron chi connectivity index (χ2n) is 8.55. The predicted molar refractivity (Wildman–Crippen MR) is 117 cm³/mol. The molecule has 0 atom stereocenters. The molecule has 2 amide bonds. The highest BCUT2D eigenvalue weighted by molar-refractivity contribution is 6.00. The van der Waals surface area contributed by atoms with Gasteiger partial charge in [-0.1, -0.05) is 0 Å². The first kappa shape index (κ1) is 25.1. The maximum atomic E-state index is 12.0. The van der Waals surface area contributed by atoms with Gasteiger partial charge in [0.25, 0.3) is 0 Å². The van der Waals surface area contributed by atoms with E-state index < -0.39 is 23.4 Å². The number of anilines is 1. The van der Waals surface area contributed by atoms with Gasteiger partial charge in [0.15, 0.2) is 0 Å². The van der Waals surface area contributed by atoms with Gasteiger partial charge in [0, 0.05) is 24.3 Å². The van der Waals surface area contributed by atoms with Crippen LogP contribution in [0.2, 0.25) is 0 Å². The van der Waals surface area contributed by atoms with Crippen molar-refractivity contribution >= 4 is 23.8 Å². The van der Waals surface area contributed by atoms with E-state index in [0.717, 1.165) is 0 Å². The van der Waals surface area contributed by atoms with Crippen LogP contribution in [0.3, 0.4) is 0 Å². The second kappa shape index (κ2) is 10.2. The van der Waals surface area contributed by atoms with Crippen LogP contribution < -0.4 is 20.7 Å². The molecule has 0 radical (unpaired) electrons. The molecule has 0 saturated heterocycles. The van der Waals surface area contributed by atoms with Gasteiger partial charge >= 0.3 is 12.2 Å². The van der Waals surface area contributed by atoms with Crippen molar-refractivity contribution in [2.45, 2.75) is 66.2 Å². The molecule has 168 valence electrons. The Morgan fingerprint density at radius 3 is 2.20 bits per heavy atom. The molecule has 1 aromatic rings. The van der Waals surface area contributed by atoms with Gasteiger partial charge in [-0.2, -0.15) is 0 Å². The molecule has 0 bridgehead atoms. The quantitative estimate of drug-likeness (QED) is 0.548. The number of hydrogen-bond acceptors (Lipinski definition) is 5. The fourth-order valence-corrected chi connectivity index (χ4v) is 2.47. The molecule has 9 heteroatoms. The van der Waals surface area contributed by atoms with E-state index in [1.165, 1.54) is 0 Å². The molecule has 0 spiro atoms. The number of methoxy groups -OCH3 is 1. The first-order valence-corrected chi connectivity index (χ1v) is 9.74. The smallest absolute Gasteiger partial charge is 0.437 e. The second-order valence-corrected chi connectivity index (χ2v) is 8.55. The van der Waals surface area contributed by atoms with Crippen molar-refractivity contribution in [1.29, 1.82) is 0 Å². The number of guanidine groups is 1. The Kier molecular flexibility index (Phi) is 8.50. The van der Waals surface area contributed by atoms with E-state index >= 15 is 0 Å². The van der Waals surface area contributed by atoms with Crippen LogP contribution in [0.1, 0.15) is 54.0 Å². The Balaban J connectivity index is 3.05. The number of ether oxygens (including phenoxy) is 3. The fourth-order valence-electron chi connectivity index (χ4n) is 2.47. The number of hydrogen-bond donors (Lipinski definition) is 2. The van der Waals surface area contributed by atoms with E-state index in [2.05, 4.69) is 10.3 Å². The fraction of sp³-hybridized carbons (Fsp3) is 0.571. The van der Waals surface area contributed by atoms with Crippen LogP contribution >= 0.6 is 0 Å². The number of amides is 2. The van der Waals surface area contributed by atoms with Crippen molar-refractivity contribution in [3.05, 3.63) is 23.8 Å². The highest BCUT2D eigenvalue weighted by atomic mass is 16.6. The first-order valence-electron chi connectivity index (χ1n) is 9.74. The minimum absolute atomic E-state index is 0.00275. The van der Waals surface area contributed by atoms with Crippen molar-refractivity contribution in [2.75, 3.05) is 18.6 Å². The summed E-state index contributed by atoms with van der Waals surface area (Å²) in [6, 6.07) is 5.35. The zero-order chi connectivity index (χ0) is 23.1. The van der Waals surface area contributed by atoms with Gasteiger partial charge in [-0.05, 0) is 66.7 Å². The lowest BCUT2D eigenvalue weighted by Crippen LogP contribution is -2.38. The zero-order valence-corrected chi connectivity index (χ0v) is 19.2. The normalized spacial score (nSPS) is 12.2. The van der Waals surface area contributed by atoms with Gasteiger partial charge in [0.05, 0.1) is 7.11 Å². The minimum Gasteiger partial charge on any atom is -0.496 e. The third kappa shape index (κ3) is 8.59. The average molecular weight is 423 g/mol. The number of benzene rings is 1. The molecule has 0 aliphatic carbocycles. The summed E-state index contributed by atoms with van der Waals surface area (Å²) in [6.07, 6.45) is -1.30. The molecule has 0 fully saturated rings. The van der Waals surface area contributed by atoms with E-state index in [4.69, 9.17) is 19.9 Å². The summed E-state index contributed by atoms with van der Waals surface area (Å²) in [5.41, 5.74) is 6.18. The van der Waals surface area contributed by atoms with Gasteiger partial charge in [0.1, 0.15) is 17.0 Å². The van der Waals surface area contributed by atoms with Gasteiger partial charge < -0.3 is 30.2 Å². The van der Waals surface area contributed by atoms with Gasteiger partial charge in [-0.3, -0.25) is 0 Å². The number of rotatable bonds is 5. The lowest BCUT2D eigenvalue weighted by molar-refractivity contribution is 0.0521. The molecule has 1 aromatic carbocycles. The van der Waals surface area contributed by atoms with Crippen LogP contribution in [0.25, 0.3) is 0 Å². The Morgan fingerprint density at radius 2 is 1.70 bits per heavy atom.